The van der Waals surface area contributed by atoms with Gasteiger partial charge in [0.25, 0.3) is 0 Å². The first-order valence-electron chi connectivity index (χ1n) is 1.02. The Kier molecular flexibility index (Phi) is 49.8. The molecule has 0 aromatic rings. The van der Waals surface area contributed by atoms with Crippen LogP contribution in [0.25, 0.3) is 0 Å². The van der Waals surface area contributed by atoms with Crippen LogP contribution in [0.4, 0.5) is 0 Å². The summed E-state index contributed by atoms with van der Waals surface area (Å²) in [5.41, 5.74) is 0. The quantitative estimate of drug-likeness (QED) is 0.490. The molecule has 0 fully saturated rings. The summed E-state index contributed by atoms with van der Waals surface area (Å²) in [6.45, 7) is 1.93. The first kappa shape index (κ1) is 15.6. The summed E-state index contributed by atoms with van der Waals surface area (Å²) in [6, 6.07) is 0. The van der Waals surface area contributed by atoms with Crippen molar-refractivity contribution in [3.8, 4) is 0 Å². The van der Waals surface area contributed by atoms with Gasteiger partial charge in [-0.15, -0.1) is 0 Å². The molecule has 0 aliphatic carbocycles. The summed E-state index contributed by atoms with van der Waals surface area (Å²) in [4.78, 5) is 0. The molecule has 28 valence electrons. The molecular formula is C2H7CsOW. The second-order valence-corrected chi connectivity index (χ2v) is 0.316. The molecule has 0 bridgehead atoms. The van der Waals surface area contributed by atoms with Crippen molar-refractivity contribution in [2.45, 2.75) is 6.92 Å². The van der Waals surface area contributed by atoms with Crippen LogP contribution in [0, 0.1) is 0 Å². The maximum Gasteiger partial charge on any atom is 1.00 e. The second kappa shape index (κ2) is 15.9. The Morgan fingerprint density at radius 2 is 1.80 bits per heavy atom. The average Bonchev–Trinajstić information content (AvgIpc) is 0.918. The zero-order valence-electron chi connectivity index (χ0n) is 4.56. The van der Waals surface area contributed by atoms with E-state index in [2.05, 4.69) is 0 Å². The molecule has 0 aromatic heterocycles. The maximum atomic E-state index is 7.57. The Labute approximate surface area is 107 Å². The van der Waals surface area contributed by atoms with Crippen molar-refractivity contribution in [2.24, 2.45) is 0 Å². The van der Waals surface area contributed by atoms with E-state index in [4.69, 9.17) is 5.11 Å². The van der Waals surface area contributed by atoms with Crippen LogP contribution in [-0.2, 0) is 21.1 Å². The fraction of sp³-hybridized carbons (Fsp3) is 1.00. The van der Waals surface area contributed by atoms with Crippen molar-refractivity contribution in [3.05, 3.63) is 0 Å². The van der Waals surface area contributed by atoms with E-state index in [0.717, 1.165) is 0 Å². The zero-order valence-corrected chi connectivity index (χ0v) is 12.8. The van der Waals surface area contributed by atoms with E-state index in [1.807, 2.05) is 0 Å². The Balaban J connectivity index is -0.00000000667. The van der Waals surface area contributed by atoms with Gasteiger partial charge in [0.1, 0.15) is 0 Å². The Hall–Kier alpha value is 2.70. The molecule has 0 rings (SSSR count). The summed E-state index contributed by atoms with van der Waals surface area (Å²) in [5, 5.41) is 7.57. The molecule has 0 aliphatic heterocycles. The molecule has 0 aromatic carbocycles. The number of hydrogen-bond donors (Lipinski definition) is 1. The molecule has 0 amide bonds. The van der Waals surface area contributed by atoms with Gasteiger partial charge in [0.15, 0.2) is 0 Å². The summed E-state index contributed by atoms with van der Waals surface area (Å²) in [6.07, 6.45) is 0. The third kappa shape index (κ3) is 20.3. The van der Waals surface area contributed by atoms with E-state index in [-0.39, 0.29) is 98.0 Å². The molecule has 0 saturated heterocycles. The largest absolute Gasteiger partial charge is 1.00 e. The van der Waals surface area contributed by atoms with Crippen molar-refractivity contribution in [1.29, 1.82) is 0 Å². The molecule has 5 heavy (non-hydrogen) atoms. The van der Waals surface area contributed by atoms with Crippen molar-refractivity contribution in [3.63, 3.8) is 0 Å². The van der Waals surface area contributed by atoms with Crippen LogP contribution in [-0.4, -0.2) is 11.7 Å². The van der Waals surface area contributed by atoms with E-state index in [9.17, 15) is 0 Å². The molecule has 0 heterocycles. The standard InChI is InChI=1S/C2H6O.Cs.W.H/c1-2-3;;;/h3H,2H2,1H3;;;/q;+1;;-1. The monoisotopic (exact) mass is 364 g/mol. The third-order valence-corrected chi connectivity index (χ3v) is 0. The van der Waals surface area contributed by atoms with Crippen LogP contribution in [0.3, 0.4) is 0 Å². The van der Waals surface area contributed by atoms with E-state index in [1.54, 1.807) is 6.92 Å². The van der Waals surface area contributed by atoms with E-state index in [1.165, 1.54) is 0 Å². The van der Waals surface area contributed by atoms with Crippen LogP contribution in [0.1, 0.15) is 8.35 Å². The predicted molar refractivity (Wildman–Crippen MR) is 13.9 cm³/mol. The van der Waals surface area contributed by atoms with Crippen LogP contribution < -0.4 is 68.9 Å². The molecule has 0 spiro atoms. The zero-order chi connectivity index (χ0) is 2.71. The minimum atomic E-state index is 0. The molecule has 0 atom stereocenters. The van der Waals surface area contributed by atoms with Crippen LogP contribution >= 0.6 is 0 Å². The molecule has 1 nitrogen and oxygen atoms in total. The van der Waals surface area contributed by atoms with Crippen LogP contribution in [0.5, 0.6) is 0 Å². The van der Waals surface area contributed by atoms with Gasteiger partial charge >= 0.3 is 68.9 Å². The maximum absolute atomic E-state index is 7.57. The van der Waals surface area contributed by atoms with E-state index in [0.29, 0.717) is 0 Å². The summed E-state index contributed by atoms with van der Waals surface area (Å²) in [5.74, 6) is 0. The summed E-state index contributed by atoms with van der Waals surface area (Å²) >= 11 is 0. The predicted octanol–water partition coefficient (Wildman–Crippen LogP) is -2.89. The molecule has 0 saturated carbocycles. The Morgan fingerprint density at radius 1 is 1.80 bits per heavy atom. The SMILES string of the molecule is CCO.[Cs+].[H-].[W]. The first-order valence-corrected chi connectivity index (χ1v) is 1.02. The third-order valence-electron chi connectivity index (χ3n) is 0. The smallest absolute Gasteiger partial charge is 1.00 e. The molecule has 0 radical (unpaired) electrons. The minimum Gasteiger partial charge on any atom is -1.00 e. The topological polar surface area (TPSA) is 20.2 Å². The normalized spacial score (nSPS) is 3.60. The van der Waals surface area contributed by atoms with Crippen molar-refractivity contribution in [2.75, 3.05) is 6.61 Å². The molecule has 1 N–H and O–H groups in total. The van der Waals surface area contributed by atoms with Gasteiger partial charge in [0, 0.05) is 27.7 Å². The minimum absolute atomic E-state index is 0. The van der Waals surface area contributed by atoms with Gasteiger partial charge in [0.2, 0.25) is 0 Å². The number of hydrogen-bond acceptors (Lipinski definition) is 1. The second-order valence-electron chi connectivity index (χ2n) is 0.316. The molecule has 3 heteroatoms. The first-order chi connectivity index (χ1) is 1.41. The fourth-order valence-corrected chi connectivity index (χ4v) is 0. The number of aliphatic hydroxyl groups excluding tert-OH is 1. The van der Waals surface area contributed by atoms with E-state index < -0.39 is 0 Å². The van der Waals surface area contributed by atoms with Gasteiger partial charge in [-0.3, -0.25) is 0 Å². The number of aliphatic hydroxyl groups is 1. The van der Waals surface area contributed by atoms with Crippen LogP contribution in [0.15, 0.2) is 0 Å². The summed E-state index contributed by atoms with van der Waals surface area (Å²) < 4.78 is 0. The van der Waals surface area contributed by atoms with Gasteiger partial charge in [-0.05, 0) is 6.92 Å². The van der Waals surface area contributed by atoms with Crippen molar-refractivity contribution >= 4 is 0 Å². The summed E-state index contributed by atoms with van der Waals surface area (Å²) in [7, 11) is 0. The van der Waals surface area contributed by atoms with Gasteiger partial charge in [-0.1, -0.05) is 0 Å². The Bertz CT molecular complexity index is 13.5. The molecule has 0 aliphatic rings. The fourth-order valence-electron chi connectivity index (χ4n) is 0. The van der Waals surface area contributed by atoms with Crippen molar-refractivity contribution in [1.82, 2.24) is 0 Å². The Morgan fingerprint density at radius 3 is 1.80 bits per heavy atom. The molecule has 0 unspecified atom stereocenters. The molecular weight excluding hydrogens is 357 g/mol. The van der Waals surface area contributed by atoms with Crippen LogP contribution in [0.2, 0.25) is 0 Å². The van der Waals surface area contributed by atoms with Gasteiger partial charge < -0.3 is 6.53 Å². The van der Waals surface area contributed by atoms with Gasteiger partial charge in [-0.25, -0.2) is 0 Å². The van der Waals surface area contributed by atoms with Crippen molar-refractivity contribution < 1.29 is 96.5 Å². The number of rotatable bonds is 0. The van der Waals surface area contributed by atoms with Gasteiger partial charge in [-0.2, -0.15) is 0 Å². The van der Waals surface area contributed by atoms with Gasteiger partial charge in [0.05, 0.1) is 0 Å². The van der Waals surface area contributed by atoms with E-state index >= 15 is 0 Å². The average molecular weight is 364 g/mol.